The molecule has 0 bridgehead atoms. The number of nitrogens with zero attached hydrogens (tertiary/aromatic N) is 6. The Balaban J connectivity index is 1.48. The summed E-state index contributed by atoms with van der Waals surface area (Å²) in [6.07, 6.45) is 4.73. The number of hydrogen-bond donors (Lipinski definition) is 0. The SMILES string of the molecule is O=[N+]([O-])c1cccc(-c2nc(-c3ccc4c(c3)nnn4C3CCCC3)no2)c1. The predicted octanol–water partition coefficient (Wildman–Crippen LogP) is 4.17. The number of nitro groups is 1. The van der Waals surface area contributed by atoms with E-state index in [2.05, 4.69) is 20.5 Å². The second-order valence-corrected chi connectivity index (χ2v) is 6.91. The lowest BCUT2D eigenvalue weighted by Gasteiger charge is -2.09. The van der Waals surface area contributed by atoms with Crippen molar-refractivity contribution >= 4 is 16.7 Å². The van der Waals surface area contributed by atoms with Gasteiger partial charge in [-0.25, -0.2) is 4.68 Å². The van der Waals surface area contributed by atoms with Gasteiger partial charge in [0.2, 0.25) is 5.82 Å². The highest BCUT2D eigenvalue weighted by atomic mass is 16.6. The van der Waals surface area contributed by atoms with E-state index in [9.17, 15) is 10.1 Å². The zero-order valence-corrected chi connectivity index (χ0v) is 14.9. The van der Waals surface area contributed by atoms with E-state index in [1.54, 1.807) is 12.1 Å². The van der Waals surface area contributed by atoms with Crippen LogP contribution in [0.2, 0.25) is 0 Å². The van der Waals surface area contributed by atoms with Crippen molar-refractivity contribution in [1.82, 2.24) is 25.1 Å². The van der Waals surface area contributed by atoms with E-state index < -0.39 is 4.92 Å². The molecule has 0 saturated heterocycles. The van der Waals surface area contributed by atoms with Gasteiger partial charge >= 0.3 is 0 Å². The van der Waals surface area contributed by atoms with Crippen molar-refractivity contribution in [2.75, 3.05) is 0 Å². The molecule has 0 amide bonds. The van der Waals surface area contributed by atoms with Crippen LogP contribution in [-0.4, -0.2) is 30.1 Å². The summed E-state index contributed by atoms with van der Waals surface area (Å²) in [7, 11) is 0. The molecule has 140 valence electrons. The molecule has 1 aliphatic carbocycles. The largest absolute Gasteiger partial charge is 0.334 e. The maximum atomic E-state index is 11.0. The van der Waals surface area contributed by atoms with Gasteiger partial charge in [-0.1, -0.05) is 29.3 Å². The van der Waals surface area contributed by atoms with Crippen molar-refractivity contribution in [1.29, 1.82) is 0 Å². The molecule has 4 aromatic rings. The van der Waals surface area contributed by atoms with Crippen molar-refractivity contribution < 1.29 is 9.45 Å². The molecular formula is C19H16N6O3. The van der Waals surface area contributed by atoms with Gasteiger partial charge in [-0.3, -0.25) is 10.1 Å². The number of benzene rings is 2. The Kier molecular flexibility index (Phi) is 3.85. The number of hydrogen-bond acceptors (Lipinski definition) is 7. The molecule has 0 N–H and O–H groups in total. The van der Waals surface area contributed by atoms with Crippen LogP contribution in [0.3, 0.4) is 0 Å². The van der Waals surface area contributed by atoms with E-state index in [4.69, 9.17) is 4.52 Å². The van der Waals surface area contributed by atoms with E-state index in [-0.39, 0.29) is 11.6 Å². The first kappa shape index (κ1) is 16.5. The number of non-ortho nitro benzene ring substituents is 1. The minimum Gasteiger partial charge on any atom is -0.334 e. The monoisotopic (exact) mass is 376 g/mol. The fraction of sp³-hybridized carbons (Fsp3) is 0.263. The molecule has 9 heteroatoms. The van der Waals surface area contributed by atoms with Gasteiger partial charge in [0.05, 0.1) is 16.5 Å². The Hall–Kier alpha value is -3.62. The first-order valence-corrected chi connectivity index (χ1v) is 9.13. The van der Waals surface area contributed by atoms with Gasteiger partial charge in [0, 0.05) is 23.3 Å². The maximum absolute atomic E-state index is 11.0. The van der Waals surface area contributed by atoms with Crippen LogP contribution in [0.15, 0.2) is 47.0 Å². The fourth-order valence-corrected chi connectivity index (χ4v) is 3.71. The third-order valence-electron chi connectivity index (χ3n) is 5.13. The van der Waals surface area contributed by atoms with Gasteiger partial charge < -0.3 is 4.52 Å². The summed E-state index contributed by atoms with van der Waals surface area (Å²) in [6, 6.07) is 12.3. The highest BCUT2D eigenvalue weighted by molar-refractivity contribution is 5.80. The van der Waals surface area contributed by atoms with Crippen LogP contribution in [-0.2, 0) is 0 Å². The standard InChI is InChI=1S/C19H16N6O3/c26-25(27)15-7-3-4-13(10-15)19-20-18(22-28-19)12-8-9-17-16(11-12)21-23-24(17)14-5-1-2-6-14/h3-4,7-11,14H,1-2,5-6H2. The quantitative estimate of drug-likeness (QED) is 0.388. The number of rotatable bonds is 4. The highest BCUT2D eigenvalue weighted by Crippen LogP contribution is 2.32. The molecule has 1 saturated carbocycles. The summed E-state index contributed by atoms with van der Waals surface area (Å²) in [5, 5.41) is 23.6. The van der Waals surface area contributed by atoms with Crippen LogP contribution in [0.25, 0.3) is 33.9 Å². The van der Waals surface area contributed by atoms with E-state index in [0.717, 1.165) is 29.4 Å². The van der Waals surface area contributed by atoms with Crippen molar-refractivity contribution in [3.8, 4) is 22.8 Å². The molecule has 0 unspecified atom stereocenters. The molecule has 1 aliphatic rings. The third-order valence-corrected chi connectivity index (χ3v) is 5.13. The topological polar surface area (TPSA) is 113 Å². The van der Waals surface area contributed by atoms with Crippen molar-refractivity contribution in [2.45, 2.75) is 31.7 Å². The molecular weight excluding hydrogens is 360 g/mol. The first-order chi connectivity index (χ1) is 13.7. The molecule has 2 aromatic heterocycles. The zero-order valence-electron chi connectivity index (χ0n) is 14.9. The minimum atomic E-state index is -0.456. The Labute approximate surface area is 159 Å². The predicted molar refractivity (Wildman–Crippen MR) is 100 cm³/mol. The summed E-state index contributed by atoms with van der Waals surface area (Å²) in [5.74, 6) is 0.632. The summed E-state index contributed by atoms with van der Waals surface area (Å²) < 4.78 is 7.32. The van der Waals surface area contributed by atoms with Gasteiger partial charge in [0.1, 0.15) is 5.52 Å². The molecule has 9 nitrogen and oxygen atoms in total. The zero-order chi connectivity index (χ0) is 19.1. The summed E-state index contributed by atoms with van der Waals surface area (Å²) in [5.41, 5.74) is 3.01. The highest BCUT2D eigenvalue weighted by Gasteiger charge is 2.21. The van der Waals surface area contributed by atoms with Gasteiger partial charge in [0.25, 0.3) is 11.6 Å². The van der Waals surface area contributed by atoms with Crippen molar-refractivity contribution in [3.63, 3.8) is 0 Å². The Bertz CT molecular complexity index is 1180. The number of nitro benzene ring substituents is 1. The summed E-state index contributed by atoms with van der Waals surface area (Å²) in [4.78, 5) is 14.9. The van der Waals surface area contributed by atoms with Gasteiger partial charge in [-0.15, -0.1) is 5.10 Å². The summed E-state index contributed by atoms with van der Waals surface area (Å²) >= 11 is 0. The lowest BCUT2D eigenvalue weighted by Crippen LogP contribution is -2.06. The van der Waals surface area contributed by atoms with Crippen molar-refractivity contribution in [3.05, 3.63) is 52.6 Å². The molecule has 0 aliphatic heterocycles. The van der Waals surface area contributed by atoms with Crippen LogP contribution in [0, 0.1) is 10.1 Å². The van der Waals surface area contributed by atoms with Gasteiger partial charge in [0.15, 0.2) is 0 Å². The molecule has 1 fully saturated rings. The molecule has 2 aromatic carbocycles. The molecule has 5 rings (SSSR count). The average molecular weight is 376 g/mol. The van der Waals surface area contributed by atoms with Crippen LogP contribution < -0.4 is 0 Å². The molecule has 0 spiro atoms. The third kappa shape index (κ3) is 2.81. The Morgan fingerprint density at radius 1 is 1.11 bits per heavy atom. The second kappa shape index (κ2) is 6.52. The van der Waals surface area contributed by atoms with E-state index in [0.29, 0.717) is 17.4 Å². The van der Waals surface area contributed by atoms with E-state index in [1.807, 2.05) is 22.9 Å². The normalized spacial score (nSPS) is 14.7. The smallest absolute Gasteiger partial charge is 0.270 e. The Morgan fingerprint density at radius 2 is 1.96 bits per heavy atom. The number of aromatic nitrogens is 5. The van der Waals surface area contributed by atoms with Gasteiger partial charge in [-0.05, 0) is 37.1 Å². The van der Waals surface area contributed by atoms with E-state index in [1.165, 1.54) is 25.0 Å². The summed E-state index contributed by atoms with van der Waals surface area (Å²) in [6.45, 7) is 0. The van der Waals surface area contributed by atoms with Crippen LogP contribution >= 0.6 is 0 Å². The lowest BCUT2D eigenvalue weighted by molar-refractivity contribution is -0.384. The van der Waals surface area contributed by atoms with Crippen molar-refractivity contribution in [2.24, 2.45) is 0 Å². The number of fused-ring (bicyclic) bond motifs is 1. The Morgan fingerprint density at radius 3 is 2.79 bits per heavy atom. The first-order valence-electron chi connectivity index (χ1n) is 9.13. The molecule has 28 heavy (non-hydrogen) atoms. The average Bonchev–Trinajstić information content (AvgIpc) is 3.47. The fourth-order valence-electron chi connectivity index (χ4n) is 3.71. The molecule has 0 radical (unpaired) electrons. The van der Waals surface area contributed by atoms with Crippen LogP contribution in [0.1, 0.15) is 31.7 Å². The minimum absolute atomic E-state index is 0.0257. The lowest BCUT2D eigenvalue weighted by atomic mass is 10.1. The van der Waals surface area contributed by atoms with Crippen LogP contribution in [0.4, 0.5) is 5.69 Å². The van der Waals surface area contributed by atoms with Gasteiger partial charge in [-0.2, -0.15) is 4.98 Å². The second-order valence-electron chi connectivity index (χ2n) is 6.91. The van der Waals surface area contributed by atoms with Crippen LogP contribution in [0.5, 0.6) is 0 Å². The maximum Gasteiger partial charge on any atom is 0.270 e. The van der Waals surface area contributed by atoms with E-state index >= 15 is 0 Å². The molecule has 2 heterocycles. The molecule has 0 atom stereocenters.